The SMILES string of the molecule is C=CCC.CCCCCCCCC(CCCCCC)(OC)C(OCC)(OCC)OCC. The van der Waals surface area contributed by atoms with Gasteiger partial charge in [0.1, 0.15) is 5.60 Å². The Morgan fingerprint density at radius 1 is 0.613 bits per heavy atom. The number of hydrogen-bond acceptors (Lipinski definition) is 4. The summed E-state index contributed by atoms with van der Waals surface area (Å²) in [5.41, 5.74) is -0.562. The van der Waals surface area contributed by atoms with Crippen molar-refractivity contribution in [1.82, 2.24) is 0 Å². The van der Waals surface area contributed by atoms with Crippen LogP contribution < -0.4 is 0 Å². The van der Waals surface area contributed by atoms with Crippen molar-refractivity contribution in [2.24, 2.45) is 0 Å². The van der Waals surface area contributed by atoms with Crippen LogP contribution in [-0.4, -0.2) is 38.5 Å². The summed E-state index contributed by atoms with van der Waals surface area (Å²) in [6.45, 7) is 17.6. The highest BCUT2D eigenvalue weighted by molar-refractivity contribution is 4.91. The van der Waals surface area contributed by atoms with Gasteiger partial charge in [-0.25, -0.2) is 0 Å². The van der Waals surface area contributed by atoms with E-state index >= 15 is 0 Å². The quantitative estimate of drug-likeness (QED) is 0.101. The molecule has 4 nitrogen and oxygen atoms in total. The fourth-order valence-electron chi connectivity index (χ4n) is 3.88. The fraction of sp³-hybridized carbons (Fsp3) is 0.926. The summed E-state index contributed by atoms with van der Waals surface area (Å²) in [6, 6.07) is 0. The summed E-state index contributed by atoms with van der Waals surface area (Å²) in [7, 11) is 1.79. The van der Waals surface area contributed by atoms with Crippen LogP contribution in [0.2, 0.25) is 0 Å². The van der Waals surface area contributed by atoms with Crippen molar-refractivity contribution in [3.63, 3.8) is 0 Å². The predicted molar refractivity (Wildman–Crippen MR) is 135 cm³/mol. The molecule has 0 aliphatic carbocycles. The van der Waals surface area contributed by atoms with Crippen LogP contribution >= 0.6 is 0 Å². The summed E-state index contributed by atoms with van der Waals surface area (Å²) < 4.78 is 24.6. The van der Waals surface area contributed by atoms with Gasteiger partial charge in [-0.05, 0) is 40.0 Å². The lowest BCUT2D eigenvalue weighted by Gasteiger charge is -2.47. The van der Waals surface area contributed by atoms with Crippen LogP contribution in [0.3, 0.4) is 0 Å². The minimum atomic E-state index is -1.12. The second kappa shape index (κ2) is 22.8. The topological polar surface area (TPSA) is 36.9 Å². The molecule has 1 unspecified atom stereocenters. The van der Waals surface area contributed by atoms with E-state index in [1.807, 2.05) is 26.8 Å². The Morgan fingerprint density at radius 3 is 1.29 bits per heavy atom. The third-order valence-corrected chi connectivity index (χ3v) is 5.61. The molecule has 0 saturated carbocycles. The maximum atomic E-state index is 6.19. The number of unbranched alkanes of at least 4 members (excludes halogenated alkanes) is 8. The van der Waals surface area contributed by atoms with Crippen molar-refractivity contribution in [2.75, 3.05) is 26.9 Å². The summed E-state index contributed by atoms with van der Waals surface area (Å²) in [5.74, 6) is -1.12. The molecule has 0 aromatic rings. The lowest BCUT2D eigenvalue weighted by molar-refractivity contribution is -0.444. The van der Waals surface area contributed by atoms with Crippen molar-refractivity contribution >= 4 is 0 Å². The molecule has 0 aromatic carbocycles. The van der Waals surface area contributed by atoms with Crippen LogP contribution in [0.4, 0.5) is 0 Å². The van der Waals surface area contributed by atoms with E-state index in [2.05, 4.69) is 27.4 Å². The van der Waals surface area contributed by atoms with E-state index in [4.69, 9.17) is 18.9 Å². The van der Waals surface area contributed by atoms with Gasteiger partial charge < -0.3 is 18.9 Å². The molecule has 0 rings (SSSR count). The number of allylic oxidation sites excluding steroid dienone is 1. The molecule has 0 fully saturated rings. The number of hydrogen-bond donors (Lipinski definition) is 0. The number of ether oxygens (including phenoxy) is 4. The Morgan fingerprint density at radius 2 is 0.968 bits per heavy atom. The first-order valence-electron chi connectivity index (χ1n) is 13.1. The summed E-state index contributed by atoms with van der Waals surface area (Å²) in [4.78, 5) is 0. The van der Waals surface area contributed by atoms with Gasteiger partial charge in [0.2, 0.25) is 0 Å². The van der Waals surface area contributed by atoms with Gasteiger partial charge in [0.25, 0.3) is 0 Å². The second-order valence-electron chi connectivity index (χ2n) is 8.08. The Hall–Kier alpha value is -0.420. The fourth-order valence-corrected chi connectivity index (χ4v) is 3.88. The van der Waals surface area contributed by atoms with Crippen LogP contribution in [-0.2, 0) is 18.9 Å². The molecule has 0 aliphatic heterocycles. The smallest absolute Gasteiger partial charge is 0.313 e. The number of rotatable bonds is 21. The van der Waals surface area contributed by atoms with Gasteiger partial charge in [0, 0.05) is 26.9 Å². The first-order chi connectivity index (χ1) is 15.0. The molecule has 188 valence electrons. The van der Waals surface area contributed by atoms with Gasteiger partial charge in [-0.3, -0.25) is 0 Å². The van der Waals surface area contributed by atoms with Crippen molar-refractivity contribution in [3.8, 4) is 0 Å². The van der Waals surface area contributed by atoms with Crippen LogP contribution in [0.1, 0.15) is 125 Å². The van der Waals surface area contributed by atoms with Crippen LogP contribution in [0.15, 0.2) is 12.7 Å². The Bertz CT molecular complexity index is 355. The maximum absolute atomic E-state index is 6.19. The lowest BCUT2D eigenvalue weighted by atomic mass is 9.86. The highest BCUT2D eigenvalue weighted by Crippen LogP contribution is 2.41. The average Bonchev–Trinajstić information content (AvgIpc) is 2.78. The minimum Gasteiger partial charge on any atom is -0.370 e. The van der Waals surface area contributed by atoms with Crippen molar-refractivity contribution in [3.05, 3.63) is 12.7 Å². The zero-order chi connectivity index (χ0) is 23.8. The Kier molecular flexibility index (Phi) is 24.1. The van der Waals surface area contributed by atoms with Crippen molar-refractivity contribution < 1.29 is 18.9 Å². The van der Waals surface area contributed by atoms with Gasteiger partial charge in [-0.15, -0.1) is 6.58 Å². The molecule has 0 amide bonds. The summed E-state index contributed by atoms with van der Waals surface area (Å²) >= 11 is 0. The number of methoxy groups -OCH3 is 1. The molecular weight excluding hydrogens is 388 g/mol. The molecule has 0 radical (unpaired) electrons. The molecule has 1 atom stereocenters. The first kappa shape index (κ1) is 32.8. The van der Waals surface area contributed by atoms with Gasteiger partial charge in [-0.2, -0.15) is 0 Å². The monoisotopic (exact) mass is 444 g/mol. The molecule has 0 N–H and O–H groups in total. The molecule has 31 heavy (non-hydrogen) atoms. The van der Waals surface area contributed by atoms with E-state index in [-0.39, 0.29) is 0 Å². The molecule has 0 aromatic heterocycles. The van der Waals surface area contributed by atoms with Crippen LogP contribution in [0, 0.1) is 0 Å². The summed E-state index contributed by atoms with van der Waals surface area (Å²) in [6.07, 6.45) is 17.1. The van der Waals surface area contributed by atoms with Gasteiger partial charge >= 0.3 is 5.97 Å². The maximum Gasteiger partial charge on any atom is 0.313 e. The normalized spacial score (nSPS) is 13.4. The van der Waals surface area contributed by atoms with E-state index in [0.29, 0.717) is 19.8 Å². The lowest BCUT2D eigenvalue weighted by Crippen LogP contribution is -2.61. The van der Waals surface area contributed by atoms with Crippen LogP contribution in [0.5, 0.6) is 0 Å². The molecule has 0 bridgehead atoms. The van der Waals surface area contributed by atoms with E-state index in [0.717, 1.165) is 32.1 Å². The molecule has 0 spiro atoms. The van der Waals surface area contributed by atoms with Crippen molar-refractivity contribution in [1.29, 1.82) is 0 Å². The standard InChI is InChI=1S/C23H48O4.C4H8/c1-7-12-14-16-17-19-21-22(24-6,20-18-15-13-8-2)23(25-9-3,26-10-4)27-11-5;1-3-4-2/h7-21H2,1-6H3;3H,1,4H2,2H3. The van der Waals surface area contributed by atoms with E-state index < -0.39 is 11.6 Å². The van der Waals surface area contributed by atoms with Gasteiger partial charge in [0.05, 0.1) is 0 Å². The van der Waals surface area contributed by atoms with Gasteiger partial charge in [0.15, 0.2) is 0 Å². The van der Waals surface area contributed by atoms with Crippen LogP contribution in [0.25, 0.3) is 0 Å². The summed E-state index contributed by atoms with van der Waals surface area (Å²) in [5, 5.41) is 0. The van der Waals surface area contributed by atoms with E-state index in [1.54, 1.807) is 7.11 Å². The average molecular weight is 445 g/mol. The third kappa shape index (κ3) is 13.7. The highest BCUT2D eigenvalue weighted by Gasteiger charge is 2.55. The third-order valence-electron chi connectivity index (χ3n) is 5.61. The van der Waals surface area contributed by atoms with Gasteiger partial charge in [-0.1, -0.05) is 91.1 Å². The molecule has 4 heteroatoms. The zero-order valence-electron chi connectivity index (χ0n) is 22.2. The predicted octanol–water partition coefficient (Wildman–Crippen LogP) is 8.44. The Balaban J connectivity index is 0. The van der Waals surface area contributed by atoms with E-state index in [9.17, 15) is 0 Å². The minimum absolute atomic E-state index is 0.538. The molecule has 0 heterocycles. The van der Waals surface area contributed by atoms with Crippen molar-refractivity contribution in [2.45, 2.75) is 137 Å². The zero-order valence-corrected chi connectivity index (χ0v) is 22.2. The Labute approximate surface area is 195 Å². The van der Waals surface area contributed by atoms with E-state index in [1.165, 1.54) is 51.4 Å². The molecular formula is C27H56O4. The second-order valence-corrected chi connectivity index (χ2v) is 8.08. The largest absolute Gasteiger partial charge is 0.370 e. The first-order valence-corrected chi connectivity index (χ1v) is 13.1. The molecule has 0 saturated heterocycles. The highest BCUT2D eigenvalue weighted by atomic mass is 16.9. The molecule has 0 aliphatic rings.